The summed E-state index contributed by atoms with van der Waals surface area (Å²) in [7, 11) is 0. The number of rotatable bonds is 4. The van der Waals surface area contributed by atoms with Gasteiger partial charge in [-0.1, -0.05) is 39.0 Å². The van der Waals surface area contributed by atoms with Crippen LogP contribution in [0.2, 0.25) is 0 Å². The predicted molar refractivity (Wildman–Crippen MR) is 138 cm³/mol. The van der Waals surface area contributed by atoms with Gasteiger partial charge in [-0.05, 0) is 48.2 Å². The standard InChI is InChI=1S/C27H29FN6O3/c1-27(2,3)23-21(28)19(13-14-33(23)26(35)36)34-25-20(24(29)30-15-31-25)22(32-34)16-9-11-18(12-10-16)37-17-7-5-4-6-8-17/h4-12,15,19,21,23H,13-14H2,1-3H3,(H,35,36)(H2,29,30,31)/t19-,21-,23?/m0/s1. The van der Waals surface area contributed by atoms with Crippen LogP contribution >= 0.6 is 0 Å². The number of fused-ring (bicyclic) bond motifs is 1. The number of nitrogen functional groups attached to an aromatic ring is 1. The van der Waals surface area contributed by atoms with Gasteiger partial charge in [-0.2, -0.15) is 5.10 Å². The number of alkyl halides is 1. The van der Waals surface area contributed by atoms with Gasteiger partial charge in [0.25, 0.3) is 0 Å². The van der Waals surface area contributed by atoms with Crippen LogP contribution in [-0.2, 0) is 0 Å². The number of nitrogens with two attached hydrogens (primary N) is 1. The monoisotopic (exact) mass is 504 g/mol. The molecule has 3 N–H and O–H groups in total. The van der Waals surface area contributed by atoms with Crippen molar-refractivity contribution >= 4 is 22.9 Å². The highest BCUT2D eigenvalue weighted by Gasteiger charge is 2.48. The molecule has 1 aliphatic heterocycles. The van der Waals surface area contributed by atoms with Gasteiger partial charge in [0.2, 0.25) is 0 Å². The van der Waals surface area contributed by atoms with E-state index >= 15 is 4.39 Å². The number of hydrogen-bond donors (Lipinski definition) is 2. The van der Waals surface area contributed by atoms with Crippen molar-refractivity contribution in [3.05, 3.63) is 60.9 Å². The molecule has 192 valence electrons. The Morgan fingerprint density at radius 2 is 1.76 bits per heavy atom. The summed E-state index contributed by atoms with van der Waals surface area (Å²) in [5.74, 6) is 1.61. The number of carboxylic acid groups (broad SMARTS) is 1. The first kappa shape index (κ1) is 24.5. The fourth-order valence-corrected chi connectivity index (χ4v) is 5.10. The Kier molecular flexibility index (Phi) is 6.18. The van der Waals surface area contributed by atoms with Gasteiger partial charge in [0.05, 0.1) is 17.5 Å². The van der Waals surface area contributed by atoms with E-state index in [9.17, 15) is 9.90 Å². The lowest BCUT2D eigenvalue weighted by molar-refractivity contribution is -0.0197. The highest BCUT2D eigenvalue weighted by molar-refractivity contribution is 5.98. The molecule has 4 aromatic rings. The van der Waals surface area contributed by atoms with Crippen LogP contribution < -0.4 is 10.5 Å². The lowest BCUT2D eigenvalue weighted by Crippen LogP contribution is -2.58. The summed E-state index contributed by atoms with van der Waals surface area (Å²) < 4.78 is 23.6. The Morgan fingerprint density at radius 1 is 1.08 bits per heavy atom. The zero-order chi connectivity index (χ0) is 26.3. The highest BCUT2D eigenvalue weighted by atomic mass is 19.1. The second-order valence-corrected chi connectivity index (χ2v) is 10.3. The minimum atomic E-state index is -1.50. The van der Waals surface area contributed by atoms with E-state index in [1.165, 1.54) is 11.2 Å². The zero-order valence-corrected chi connectivity index (χ0v) is 20.9. The molecule has 9 nitrogen and oxygen atoms in total. The number of para-hydroxylation sites is 1. The van der Waals surface area contributed by atoms with Crippen molar-refractivity contribution in [3.8, 4) is 22.8 Å². The summed E-state index contributed by atoms with van der Waals surface area (Å²) in [5, 5.41) is 15.0. The van der Waals surface area contributed by atoms with Gasteiger partial charge in [0, 0.05) is 12.1 Å². The molecular formula is C27H29FN6O3. The van der Waals surface area contributed by atoms with Gasteiger partial charge in [0.15, 0.2) is 5.65 Å². The van der Waals surface area contributed by atoms with Crippen LogP contribution in [0, 0.1) is 5.41 Å². The molecule has 37 heavy (non-hydrogen) atoms. The van der Waals surface area contributed by atoms with Crippen LogP contribution in [0.1, 0.15) is 33.2 Å². The molecular weight excluding hydrogens is 475 g/mol. The maximum Gasteiger partial charge on any atom is 0.407 e. The van der Waals surface area contributed by atoms with Gasteiger partial charge < -0.3 is 20.5 Å². The smallest absolute Gasteiger partial charge is 0.407 e. The Labute approximate surface area is 213 Å². The average molecular weight is 505 g/mol. The second-order valence-electron chi connectivity index (χ2n) is 10.3. The molecule has 5 rings (SSSR count). The number of piperidine rings is 1. The van der Waals surface area contributed by atoms with Gasteiger partial charge in [-0.3, -0.25) is 0 Å². The van der Waals surface area contributed by atoms with Crippen LogP contribution in [0.5, 0.6) is 11.5 Å². The highest BCUT2D eigenvalue weighted by Crippen LogP contribution is 2.41. The topological polar surface area (TPSA) is 119 Å². The van der Waals surface area contributed by atoms with E-state index in [1.54, 1.807) is 4.68 Å². The number of amides is 1. The molecule has 1 fully saturated rings. The average Bonchev–Trinajstić information content (AvgIpc) is 3.25. The Bertz CT molecular complexity index is 1420. The van der Waals surface area contributed by atoms with E-state index in [0.717, 1.165) is 11.3 Å². The lowest BCUT2D eigenvalue weighted by Gasteiger charge is -2.46. The number of hydrogen-bond acceptors (Lipinski definition) is 6. The van der Waals surface area contributed by atoms with Crippen molar-refractivity contribution in [1.29, 1.82) is 0 Å². The van der Waals surface area contributed by atoms with Crippen LogP contribution in [0.25, 0.3) is 22.3 Å². The summed E-state index contributed by atoms with van der Waals surface area (Å²) in [6.45, 7) is 5.71. The van der Waals surface area contributed by atoms with Crippen LogP contribution in [-0.4, -0.2) is 54.6 Å². The summed E-state index contributed by atoms with van der Waals surface area (Å²) in [6, 6.07) is 15.3. The number of anilines is 1. The van der Waals surface area contributed by atoms with Gasteiger partial charge >= 0.3 is 6.09 Å². The predicted octanol–water partition coefficient (Wildman–Crippen LogP) is 5.55. The normalized spacial score (nSPS) is 20.2. The molecule has 2 aromatic heterocycles. The van der Waals surface area contributed by atoms with Crippen molar-refractivity contribution in [2.45, 2.75) is 45.4 Å². The molecule has 0 bridgehead atoms. The van der Waals surface area contributed by atoms with Gasteiger partial charge in [-0.25, -0.2) is 23.8 Å². The quantitative estimate of drug-likeness (QED) is 0.374. The lowest BCUT2D eigenvalue weighted by atomic mass is 9.78. The molecule has 10 heteroatoms. The summed E-state index contributed by atoms with van der Waals surface area (Å²) in [6.07, 6.45) is -1.04. The maximum atomic E-state index is 16.1. The molecule has 1 unspecified atom stereocenters. The molecule has 0 spiro atoms. The van der Waals surface area contributed by atoms with Crippen molar-refractivity contribution in [3.63, 3.8) is 0 Å². The summed E-state index contributed by atoms with van der Waals surface area (Å²) >= 11 is 0. The third kappa shape index (κ3) is 4.54. The molecule has 0 aliphatic carbocycles. The fraction of sp³-hybridized carbons (Fsp3) is 0.333. The third-order valence-electron chi connectivity index (χ3n) is 6.74. The van der Waals surface area contributed by atoms with Crippen molar-refractivity contribution < 1.29 is 19.0 Å². The first-order chi connectivity index (χ1) is 17.6. The van der Waals surface area contributed by atoms with Crippen molar-refractivity contribution in [1.82, 2.24) is 24.6 Å². The molecule has 3 heterocycles. The van der Waals surface area contributed by atoms with E-state index in [4.69, 9.17) is 15.6 Å². The van der Waals surface area contributed by atoms with Crippen molar-refractivity contribution in [2.75, 3.05) is 12.3 Å². The molecule has 1 amide bonds. The molecule has 0 saturated carbocycles. The van der Waals surface area contributed by atoms with Crippen LogP contribution in [0.4, 0.5) is 15.0 Å². The largest absolute Gasteiger partial charge is 0.465 e. The van der Waals surface area contributed by atoms with Crippen LogP contribution in [0.3, 0.4) is 0 Å². The SMILES string of the molecule is CC(C)(C)C1[C@@H](F)[C@@H](n2nc(-c3ccc(Oc4ccccc4)cc3)c3c(N)ncnc32)CCN1C(=O)O. The minimum Gasteiger partial charge on any atom is -0.465 e. The summed E-state index contributed by atoms with van der Waals surface area (Å²) in [4.78, 5) is 21.6. The second kappa shape index (κ2) is 9.34. The van der Waals surface area contributed by atoms with E-state index in [1.807, 2.05) is 75.4 Å². The Balaban J connectivity index is 1.54. The number of benzene rings is 2. The van der Waals surface area contributed by atoms with E-state index < -0.39 is 29.8 Å². The number of aromatic nitrogens is 4. The number of nitrogens with zero attached hydrogens (tertiary/aromatic N) is 5. The van der Waals surface area contributed by atoms with Crippen LogP contribution in [0.15, 0.2) is 60.9 Å². The Morgan fingerprint density at radius 3 is 2.41 bits per heavy atom. The first-order valence-electron chi connectivity index (χ1n) is 12.1. The number of halogens is 1. The van der Waals surface area contributed by atoms with Gasteiger partial charge in [-0.15, -0.1) is 0 Å². The zero-order valence-electron chi connectivity index (χ0n) is 20.9. The maximum absolute atomic E-state index is 16.1. The number of ether oxygens (including phenoxy) is 1. The van der Waals surface area contributed by atoms with E-state index in [-0.39, 0.29) is 18.8 Å². The molecule has 1 aliphatic rings. The van der Waals surface area contributed by atoms with Gasteiger partial charge in [0.1, 0.15) is 35.5 Å². The number of carbonyl (C=O) groups is 1. The molecule has 1 saturated heterocycles. The van der Waals surface area contributed by atoms with E-state index in [2.05, 4.69) is 9.97 Å². The summed E-state index contributed by atoms with van der Waals surface area (Å²) in [5.41, 5.74) is 7.32. The third-order valence-corrected chi connectivity index (χ3v) is 6.74. The molecule has 0 radical (unpaired) electrons. The number of likely N-dealkylation sites (tertiary alicyclic amines) is 1. The van der Waals surface area contributed by atoms with Crippen molar-refractivity contribution in [2.24, 2.45) is 5.41 Å². The Hall–Kier alpha value is -4.21. The molecule has 3 atom stereocenters. The van der Waals surface area contributed by atoms with E-state index in [0.29, 0.717) is 22.5 Å². The first-order valence-corrected chi connectivity index (χ1v) is 12.1. The molecule has 2 aromatic carbocycles. The fourth-order valence-electron chi connectivity index (χ4n) is 5.10. The minimum absolute atomic E-state index is 0.186.